The van der Waals surface area contributed by atoms with Crippen LogP contribution in [0.4, 0.5) is 0 Å². The molecule has 1 aliphatic heterocycles. The van der Waals surface area contributed by atoms with Gasteiger partial charge in [-0.25, -0.2) is 0 Å². The number of aliphatic hydroxyl groups excluding tert-OH is 1. The Balaban J connectivity index is 2.48. The topological polar surface area (TPSA) is 55.5 Å². The lowest BCUT2D eigenvalue weighted by molar-refractivity contribution is 0.263. The van der Waals surface area contributed by atoms with Crippen LogP contribution in [0.25, 0.3) is 0 Å². The summed E-state index contributed by atoms with van der Waals surface area (Å²) in [4.78, 5) is 0. The van der Waals surface area contributed by atoms with Crippen LogP contribution in [0.3, 0.4) is 0 Å². The highest BCUT2D eigenvalue weighted by Gasteiger charge is 2.20. The van der Waals surface area contributed by atoms with Gasteiger partial charge < -0.3 is 15.6 Å². The summed E-state index contributed by atoms with van der Waals surface area (Å²) in [6, 6.07) is 3.78. The van der Waals surface area contributed by atoms with Crippen molar-refractivity contribution in [1.82, 2.24) is 0 Å². The average Bonchev–Trinajstić information content (AvgIpc) is 2.62. The van der Waals surface area contributed by atoms with Gasteiger partial charge in [0, 0.05) is 12.0 Å². The predicted molar refractivity (Wildman–Crippen MR) is 54.4 cm³/mol. The van der Waals surface area contributed by atoms with Crippen LogP contribution >= 0.6 is 0 Å². The number of ether oxygens (including phenoxy) is 1. The fourth-order valence-electron chi connectivity index (χ4n) is 1.88. The van der Waals surface area contributed by atoms with Gasteiger partial charge in [0.1, 0.15) is 5.75 Å². The van der Waals surface area contributed by atoms with Gasteiger partial charge in [-0.2, -0.15) is 0 Å². The molecule has 0 aliphatic carbocycles. The van der Waals surface area contributed by atoms with E-state index in [0.29, 0.717) is 0 Å². The van der Waals surface area contributed by atoms with E-state index >= 15 is 0 Å². The molecule has 3 N–H and O–H groups in total. The first-order chi connectivity index (χ1) is 6.72. The Morgan fingerprint density at radius 1 is 1.57 bits per heavy atom. The molecule has 14 heavy (non-hydrogen) atoms. The maximum atomic E-state index is 9.03. The van der Waals surface area contributed by atoms with Gasteiger partial charge >= 0.3 is 0 Å². The third-order valence-electron chi connectivity index (χ3n) is 2.55. The van der Waals surface area contributed by atoms with E-state index in [1.165, 1.54) is 11.1 Å². The van der Waals surface area contributed by atoms with E-state index in [1.54, 1.807) is 0 Å². The Morgan fingerprint density at radius 3 is 3.07 bits per heavy atom. The number of hydrogen-bond donors (Lipinski definition) is 2. The van der Waals surface area contributed by atoms with Crippen LogP contribution in [0.15, 0.2) is 12.1 Å². The number of benzene rings is 1. The molecule has 1 aromatic carbocycles. The summed E-state index contributed by atoms with van der Waals surface area (Å²) in [7, 11) is 0. The largest absolute Gasteiger partial charge is 0.493 e. The maximum absolute atomic E-state index is 9.03. The highest BCUT2D eigenvalue weighted by atomic mass is 16.5. The summed E-state index contributed by atoms with van der Waals surface area (Å²) in [6.45, 7) is 2.72. The lowest BCUT2D eigenvalue weighted by atomic mass is 10.00. The van der Waals surface area contributed by atoms with Crippen LogP contribution in [-0.4, -0.2) is 18.3 Å². The molecule has 1 heterocycles. The second-order valence-electron chi connectivity index (χ2n) is 3.73. The first kappa shape index (κ1) is 9.49. The summed E-state index contributed by atoms with van der Waals surface area (Å²) in [5.41, 5.74) is 9.12. The Hall–Kier alpha value is -1.06. The molecule has 3 nitrogen and oxygen atoms in total. The highest BCUT2D eigenvalue weighted by molar-refractivity contribution is 5.48. The molecule has 0 bridgehead atoms. The molecule has 0 aromatic heterocycles. The van der Waals surface area contributed by atoms with Crippen molar-refractivity contribution in [2.24, 2.45) is 5.73 Å². The third kappa shape index (κ3) is 1.49. The van der Waals surface area contributed by atoms with Gasteiger partial charge in [-0.05, 0) is 12.5 Å². The number of hydrogen-bond acceptors (Lipinski definition) is 3. The van der Waals surface area contributed by atoms with E-state index in [0.717, 1.165) is 24.3 Å². The summed E-state index contributed by atoms with van der Waals surface area (Å²) >= 11 is 0. The number of rotatable bonds is 2. The number of nitrogens with two attached hydrogens (primary N) is 1. The standard InChI is InChI=1S/C11H15NO2/c1-7-4-8-2-3-14-11(8)9(5-7)10(12)6-13/h4-5,10,13H,2-3,6,12H2,1H3/t10-/m0/s1. The Bertz CT molecular complexity index is 349. The number of fused-ring (bicyclic) bond motifs is 1. The minimum absolute atomic E-state index is 0.0424. The van der Waals surface area contributed by atoms with Crippen LogP contribution in [0.2, 0.25) is 0 Å². The van der Waals surface area contributed by atoms with E-state index in [9.17, 15) is 0 Å². The fourth-order valence-corrected chi connectivity index (χ4v) is 1.88. The number of aliphatic hydroxyl groups is 1. The van der Waals surface area contributed by atoms with Crippen LogP contribution in [-0.2, 0) is 6.42 Å². The zero-order chi connectivity index (χ0) is 10.1. The molecule has 2 rings (SSSR count). The van der Waals surface area contributed by atoms with Gasteiger partial charge in [0.15, 0.2) is 0 Å². The van der Waals surface area contributed by atoms with E-state index in [-0.39, 0.29) is 12.6 Å². The first-order valence-electron chi connectivity index (χ1n) is 4.85. The summed E-state index contributed by atoms with van der Waals surface area (Å²) in [5.74, 6) is 0.886. The molecular weight excluding hydrogens is 178 g/mol. The maximum Gasteiger partial charge on any atom is 0.127 e. The fraction of sp³-hybridized carbons (Fsp3) is 0.455. The number of aryl methyl sites for hydroxylation is 1. The Labute approximate surface area is 83.5 Å². The second-order valence-corrected chi connectivity index (χ2v) is 3.73. The van der Waals surface area contributed by atoms with Crippen molar-refractivity contribution in [2.45, 2.75) is 19.4 Å². The van der Waals surface area contributed by atoms with Crippen molar-refractivity contribution < 1.29 is 9.84 Å². The molecule has 1 aromatic rings. The van der Waals surface area contributed by atoms with Crippen LogP contribution in [0.1, 0.15) is 22.7 Å². The normalized spacial score (nSPS) is 16.2. The summed E-state index contributed by atoms with van der Waals surface area (Å²) < 4.78 is 5.52. The van der Waals surface area contributed by atoms with E-state index in [4.69, 9.17) is 15.6 Å². The highest BCUT2D eigenvalue weighted by Crippen LogP contribution is 2.33. The quantitative estimate of drug-likeness (QED) is 0.734. The molecule has 0 radical (unpaired) electrons. The van der Waals surface area contributed by atoms with Crippen molar-refractivity contribution in [1.29, 1.82) is 0 Å². The van der Waals surface area contributed by atoms with Gasteiger partial charge in [0.25, 0.3) is 0 Å². The average molecular weight is 193 g/mol. The van der Waals surface area contributed by atoms with Crippen molar-refractivity contribution in [3.63, 3.8) is 0 Å². The third-order valence-corrected chi connectivity index (χ3v) is 2.55. The molecule has 1 atom stereocenters. The Morgan fingerprint density at radius 2 is 2.36 bits per heavy atom. The molecule has 3 heteroatoms. The van der Waals surface area contributed by atoms with Crippen LogP contribution < -0.4 is 10.5 Å². The molecule has 76 valence electrons. The minimum atomic E-state index is -0.332. The summed E-state index contributed by atoms with van der Waals surface area (Å²) in [6.07, 6.45) is 0.947. The van der Waals surface area contributed by atoms with Gasteiger partial charge in [-0.1, -0.05) is 17.7 Å². The van der Waals surface area contributed by atoms with Gasteiger partial charge in [-0.15, -0.1) is 0 Å². The predicted octanol–water partition coefficient (Wildman–Crippen LogP) is 0.922. The van der Waals surface area contributed by atoms with Gasteiger partial charge in [-0.3, -0.25) is 0 Å². The lowest BCUT2D eigenvalue weighted by Crippen LogP contribution is -2.15. The SMILES string of the molecule is Cc1cc2c(c([C@@H](N)CO)c1)OCC2. The van der Waals surface area contributed by atoms with Crippen LogP contribution in [0, 0.1) is 6.92 Å². The molecule has 1 aliphatic rings. The minimum Gasteiger partial charge on any atom is -0.493 e. The van der Waals surface area contributed by atoms with Crippen molar-refractivity contribution in [2.75, 3.05) is 13.2 Å². The molecule has 0 amide bonds. The van der Waals surface area contributed by atoms with E-state index in [2.05, 4.69) is 6.07 Å². The second kappa shape index (κ2) is 3.59. The van der Waals surface area contributed by atoms with Crippen LogP contribution in [0.5, 0.6) is 5.75 Å². The smallest absolute Gasteiger partial charge is 0.127 e. The van der Waals surface area contributed by atoms with E-state index < -0.39 is 0 Å². The first-order valence-corrected chi connectivity index (χ1v) is 4.85. The molecule has 0 saturated heterocycles. The van der Waals surface area contributed by atoms with Gasteiger partial charge in [0.2, 0.25) is 0 Å². The molecule has 0 unspecified atom stereocenters. The van der Waals surface area contributed by atoms with Gasteiger partial charge in [0.05, 0.1) is 19.3 Å². The lowest BCUT2D eigenvalue weighted by Gasteiger charge is -2.14. The Kier molecular flexibility index (Phi) is 2.44. The zero-order valence-electron chi connectivity index (χ0n) is 8.29. The van der Waals surface area contributed by atoms with Crippen molar-refractivity contribution in [3.8, 4) is 5.75 Å². The van der Waals surface area contributed by atoms with Crippen molar-refractivity contribution >= 4 is 0 Å². The molecule has 0 saturated carbocycles. The monoisotopic (exact) mass is 193 g/mol. The molecule has 0 spiro atoms. The van der Waals surface area contributed by atoms with Crippen molar-refractivity contribution in [3.05, 3.63) is 28.8 Å². The zero-order valence-corrected chi connectivity index (χ0v) is 8.29. The molecule has 0 fully saturated rings. The molecular formula is C11H15NO2. The van der Waals surface area contributed by atoms with E-state index in [1.807, 2.05) is 13.0 Å². The summed E-state index contributed by atoms with van der Waals surface area (Å²) in [5, 5.41) is 9.03.